The molecule has 15 heteroatoms. The molecular weight excluding hydrogens is 774 g/mol. The molecule has 5 aromatic rings. The molecule has 0 aliphatic heterocycles. The van der Waals surface area contributed by atoms with Crippen molar-refractivity contribution in [3.63, 3.8) is 0 Å². The van der Waals surface area contributed by atoms with Crippen LogP contribution in [0, 0.1) is 82.4 Å². The third kappa shape index (κ3) is 15.2. The first kappa shape index (κ1) is 50.8. The molecule has 0 atom stereocenters. The van der Waals surface area contributed by atoms with Crippen LogP contribution < -0.4 is 29.2 Å². The first-order valence-corrected chi connectivity index (χ1v) is 18.7. The van der Waals surface area contributed by atoms with E-state index in [0.29, 0.717) is 40.8 Å². The molecule has 14 nitrogen and oxygen atoms in total. The Bertz CT molecular complexity index is 2170. The highest BCUT2D eigenvalue weighted by Crippen LogP contribution is 2.30. The number of rotatable bonds is 7. The van der Waals surface area contributed by atoms with E-state index in [-0.39, 0.29) is 17.9 Å². The van der Waals surface area contributed by atoms with Crippen LogP contribution in [-0.4, -0.2) is 65.6 Å². The molecule has 0 spiro atoms. The first-order valence-electron chi connectivity index (χ1n) is 18.1. The Hall–Kier alpha value is -6.22. The first-order chi connectivity index (χ1) is 27.9. The van der Waals surface area contributed by atoms with Crippen molar-refractivity contribution in [2.24, 2.45) is 0 Å². The second kappa shape index (κ2) is 25.2. The molecule has 0 fully saturated rings. The summed E-state index contributed by atoms with van der Waals surface area (Å²) in [7, 11) is 7.89. The molecule has 5 heterocycles. The van der Waals surface area contributed by atoms with Gasteiger partial charge >= 0.3 is 0 Å². The number of alkyl halides is 1. The van der Waals surface area contributed by atoms with E-state index < -0.39 is 0 Å². The molecule has 0 amide bonds. The van der Waals surface area contributed by atoms with Crippen LogP contribution in [0.25, 0.3) is 9.69 Å². The number of aryl methyl sites for hydroxylation is 10. The molecule has 316 valence electrons. The van der Waals surface area contributed by atoms with Gasteiger partial charge in [-0.25, -0.2) is 29.6 Å². The minimum atomic E-state index is -0.294. The van der Waals surface area contributed by atoms with Crippen molar-refractivity contribution in [1.82, 2.24) is 24.9 Å². The minimum absolute atomic E-state index is 0.0255. The second-order valence-electron chi connectivity index (χ2n) is 13.0. The SMILES string of the molecule is COc1nc(C)cc(C)c1CCl.COc1nc(C)cc(C)c1CO.COc1nc(C)cc(C)c1OC.[C-]#[N+]c1c(C)cc(C)[nH]c1=O.[C-]#[N+]c1c(C)cc(C)nc1OC. The Balaban J connectivity index is 0.000000369. The Morgan fingerprint density at radius 2 is 0.949 bits per heavy atom. The van der Waals surface area contributed by atoms with Crippen LogP contribution in [0.5, 0.6) is 29.3 Å². The number of aromatic nitrogens is 5. The van der Waals surface area contributed by atoms with Gasteiger partial charge in [0.05, 0.1) is 61.2 Å². The van der Waals surface area contributed by atoms with Gasteiger partial charge in [0.1, 0.15) is 0 Å². The third-order valence-electron chi connectivity index (χ3n) is 8.24. The van der Waals surface area contributed by atoms with Gasteiger partial charge in [-0.1, -0.05) is 6.07 Å². The lowest BCUT2D eigenvalue weighted by Crippen LogP contribution is -2.06. The predicted octanol–water partition coefficient (Wildman–Crippen LogP) is 9.16. The number of aromatic amines is 1. The monoisotopic (exact) mass is 829 g/mol. The lowest BCUT2D eigenvalue weighted by Gasteiger charge is -2.09. The summed E-state index contributed by atoms with van der Waals surface area (Å²) >= 11 is 5.75. The molecule has 0 aliphatic rings. The molecule has 0 aliphatic carbocycles. The highest BCUT2D eigenvalue weighted by atomic mass is 35.5. The summed E-state index contributed by atoms with van der Waals surface area (Å²) in [4.78, 5) is 36.7. The number of ether oxygens (including phenoxy) is 5. The zero-order valence-corrected chi connectivity index (χ0v) is 37.5. The number of methoxy groups -OCH3 is 5. The van der Waals surface area contributed by atoms with E-state index in [9.17, 15) is 4.79 Å². The maximum atomic E-state index is 11.0. The predicted molar refractivity (Wildman–Crippen MR) is 232 cm³/mol. The number of pyridine rings is 5. The fourth-order valence-electron chi connectivity index (χ4n) is 5.59. The van der Waals surface area contributed by atoms with Gasteiger partial charge in [0.2, 0.25) is 23.3 Å². The van der Waals surface area contributed by atoms with E-state index in [1.54, 1.807) is 48.4 Å². The summed E-state index contributed by atoms with van der Waals surface area (Å²) in [5.41, 5.74) is 11.4. The highest BCUT2D eigenvalue weighted by molar-refractivity contribution is 6.17. The van der Waals surface area contributed by atoms with Gasteiger partial charge < -0.3 is 33.8 Å². The van der Waals surface area contributed by atoms with Crippen LogP contribution in [0.15, 0.2) is 35.1 Å². The fraction of sp³-hybridized carbons (Fsp3) is 0.386. The minimum Gasteiger partial charge on any atom is -0.491 e. The van der Waals surface area contributed by atoms with Crippen LogP contribution in [0.2, 0.25) is 0 Å². The van der Waals surface area contributed by atoms with Crippen molar-refractivity contribution >= 4 is 23.0 Å². The molecule has 5 rings (SSSR count). The molecule has 0 radical (unpaired) electrons. The normalized spacial score (nSPS) is 9.61. The molecule has 0 saturated heterocycles. The van der Waals surface area contributed by atoms with Gasteiger partial charge in [0, 0.05) is 39.6 Å². The smallest absolute Gasteiger partial charge is 0.257 e. The lowest BCUT2D eigenvalue weighted by atomic mass is 10.1. The van der Waals surface area contributed by atoms with E-state index in [2.05, 4.69) is 34.6 Å². The van der Waals surface area contributed by atoms with Crippen molar-refractivity contribution < 1.29 is 28.8 Å². The summed E-state index contributed by atoms with van der Waals surface area (Å²) < 4.78 is 25.3. The third-order valence-corrected chi connectivity index (χ3v) is 8.50. The molecule has 5 aromatic heterocycles. The Labute approximate surface area is 353 Å². The van der Waals surface area contributed by atoms with Crippen LogP contribution in [0.3, 0.4) is 0 Å². The number of aliphatic hydroxyl groups excluding tert-OH is 1. The van der Waals surface area contributed by atoms with Crippen molar-refractivity contribution in [2.75, 3.05) is 35.5 Å². The van der Waals surface area contributed by atoms with E-state index >= 15 is 0 Å². The lowest BCUT2D eigenvalue weighted by molar-refractivity contribution is 0.270. The van der Waals surface area contributed by atoms with Gasteiger partial charge in [0.25, 0.3) is 17.1 Å². The van der Waals surface area contributed by atoms with E-state index in [4.69, 9.17) is 53.5 Å². The largest absolute Gasteiger partial charge is 0.491 e. The van der Waals surface area contributed by atoms with Gasteiger partial charge in [0.15, 0.2) is 5.75 Å². The zero-order valence-electron chi connectivity index (χ0n) is 36.8. The summed E-state index contributed by atoms with van der Waals surface area (Å²) in [6.45, 7) is 32.6. The number of hydrogen-bond acceptors (Lipinski definition) is 11. The number of nitrogens with one attached hydrogen (secondary N) is 1. The van der Waals surface area contributed by atoms with Gasteiger partial charge in [-0.2, -0.15) is 0 Å². The second-order valence-corrected chi connectivity index (χ2v) is 13.3. The number of hydrogen-bond donors (Lipinski definition) is 2. The standard InChI is InChI=1S/C9H12ClNO.C9H10N2O.2C9H13NO2.C8H8N2O/c1-6-4-7(2)11-9(12-3)8(6)5-10;1-6-5-7(2)11-9(12-4)8(6)10-3;1-6-5-7(2)10-9(12-4)8(6)11-3;1-6-4-7(2)10-9(12-3)8(6)5-11;1-5-4-6(2)10-8(11)7(5)9-3/h4H,5H2,1-3H3;5H,1-2,4H3;5H,1-4H3;4,11H,5H2,1-3H3;4H,1-2H3,(H,10,11). The highest BCUT2D eigenvalue weighted by Gasteiger charge is 2.10. The fourth-order valence-corrected chi connectivity index (χ4v) is 5.91. The van der Waals surface area contributed by atoms with Gasteiger partial charge in [-0.05, 0) is 121 Å². The molecule has 0 saturated carbocycles. The zero-order chi connectivity index (χ0) is 45.0. The van der Waals surface area contributed by atoms with Crippen molar-refractivity contribution in [3.8, 4) is 29.3 Å². The summed E-state index contributed by atoms with van der Waals surface area (Å²) in [6, 6.07) is 9.54. The number of halogens is 1. The Morgan fingerprint density at radius 3 is 1.36 bits per heavy atom. The van der Waals surface area contributed by atoms with Crippen molar-refractivity contribution in [2.45, 2.75) is 81.7 Å². The Morgan fingerprint density at radius 1 is 0.559 bits per heavy atom. The molecular formula is C44H56ClN7O7. The molecule has 0 aromatic carbocycles. The maximum Gasteiger partial charge on any atom is 0.257 e. The van der Waals surface area contributed by atoms with Gasteiger partial charge in [-0.3, -0.25) is 4.79 Å². The van der Waals surface area contributed by atoms with E-state index in [1.807, 2.05) is 79.7 Å². The van der Waals surface area contributed by atoms with Crippen LogP contribution in [0.1, 0.15) is 67.4 Å². The average molecular weight is 830 g/mol. The van der Waals surface area contributed by atoms with Crippen LogP contribution in [0.4, 0.5) is 11.4 Å². The summed E-state index contributed by atoms with van der Waals surface area (Å²) in [5, 5.41) is 9.00. The molecule has 2 N–H and O–H groups in total. The number of aliphatic hydroxyl groups is 1. The number of H-pyrrole nitrogens is 1. The topological polar surface area (TPSA) is 160 Å². The van der Waals surface area contributed by atoms with E-state index in [1.165, 1.54) is 7.11 Å². The summed E-state index contributed by atoms with van der Waals surface area (Å²) in [5.74, 6) is 3.29. The van der Waals surface area contributed by atoms with Crippen LogP contribution >= 0.6 is 11.6 Å². The number of nitrogens with zero attached hydrogens (tertiary/aromatic N) is 6. The molecule has 59 heavy (non-hydrogen) atoms. The maximum absolute atomic E-state index is 11.0. The van der Waals surface area contributed by atoms with Crippen LogP contribution in [-0.2, 0) is 12.5 Å². The van der Waals surface area contributed by atoms with E-state index in [0.717, 1.165) is 67.4 Å². The quantitative estimate of drug-likeness (QED) is 0.119. The van der Waals surface area contributed by atoms with Crippen molar-refractivity contribution in [3.05, 3.63) is 131 Å². The summed E-state index contributed by atoms with van der Waals surface area (Å²) in [6.07, 6.45) is 0. The van der Waals surface area contributed by atoms with Gasteiger partial charge in [-0.15, -0.1) is 11.6 Å². The Kier molecular flexibility index (Phi) is 21.7. The average Bonchev–Trinajstić information content (AvgIpc) is 3.17. The molecule has 0 bridgehead atoms. The molecule has 0 unspecified atom stereocenters. The van der Waals surface area contributed by atoms with Crippen molar-refractivity contribution in [1.29, 1.82) is 0 Å².